The topological polar surface area (TPSA) is 6.48 Å². The number of piperidine rings is 1. The van der Waals surface area contributed by atoms with Crippen LogP contribution >= 0.6 is 11.8 Å². The Morgan fingerprint density at radius 3 is 2.48 bits per heavy atom. The summed E-state index contributed by atoms with van der Waals surface area (Å²) in [6.45, 7) is 8.93. The van der Waals surface area contributed by atoms with Gasteiger partial charge in [0, 0.05) is 36.5 Å². The second-order valence-corrected chi connectivity index (χ2v) is 8.86. The molecule has 0 aromatic heterocycles. The van der Waals surface area contributed by atoms with E-state index in [1.807, 2.05) is 0 Å². The molecule has 2 aliphatic heterocycles. The van der Waals surface area contributed by atoms with Gasteiger partial charge in [0.1, 0.15) is 0 Å². The molecule has 3 fully saturated rings. The summed E-state index contributed by atoms with van der Waals surface area (Å²) in [5.41, 5.74) is 0. The molecule has 122 valence electrons. The SMILES string of the molecule is CSC1CCCCC1N1CC2CCCCN2CC1C(C)C. The molecule has 3 aliphatic rings. The van der Waals surface area contributed by atoms with E-state index in [9.17, 15) is 0 Å². The van der Waals surface area contributed by atoms with Gasteiger partial charge in [-0.05, 0) is 44.4 Å². The van der Waals surface area contributed by atoms with Crippen LogP contribution in [0.5, 0.6) is 0 Å². The van der Waals surface area contributed by atoms with E-state index in [4.69, 9.17) is 0 Å². The van der Waals surface area contributed by atoms with Crippen LogP contribution in [0, 0.1) is 5.92 Å². The lowest BCUT2D eigenvalue weighted by atomic mass is 9.86. The van der Waals surface area contributed by atoms with Crippen molar-refractivity contribution in [3.05, 3.63) is 0 Å². The highest BCUT2D eigenvalue weighted by Crippen LogP contribution is 2.36. The van der Waals surface area contributed by atoms with Gasteiger partial charge in [-0.15, -0.1) is 0 Å². The monoisotopic (exact) mass is 310 g/mol. The maximum atomic E-state index is 2.97. The van der Waals surface area contributed by atoms with Crippen molar-refractivity contribution in [2.75, 3.05) is 25.9 Å². The molecule has 0 radical (unpaired) electrons. The molecule has 0 spiro atoms. The second kappa shape index (κ2) is 7.23. The fourth-order valence-electron chi connectivity index (χ4n) is 4.94. The predicted octanol–water partition coefficient (Wildman–Crippen LogP) is 3.86. The van der Waals surface area contributed by atoms with Gasteiger partial charge in [0.2, 0.25) is 0 Å². The molecule has 1 aliphatic carbocycles. The first-order chi connectivity index (χ1) is 10.2. The number of rotatable bonds is 3. The van der Waals surface area contributed by atoms with Gasteiger partial charge in [0.05, 0.1) is 0 Å². The Balaban J connectivity index is 1.76. The van der Waals surface area contributed by atoms with Crippen LogP contribution in [0.4, 0.5) is 0 Å². The summed E-state index contributed by atoms with van der Waals surface area (Å²) in [5, 5.41) is 0.884. The average molecular weight is 311 g/mol. The third-order valence-corrected chi connectivity index (χ3v) is 7.34. The molecule has 3 rings (SSSR count). The zero-order valence-electron chi connectivity index (χ0n) is 14.3. The van der Waals surface area contributed by atoms with Gasteiger partial charge in [0.25, 0.3) is 0 Å². The van der Waals surface area contributed by atoms with Gasteiger partial charge < -0.3 is 0 Å². The fraction of sp³-hybridized carbons (Fsp3) is 1.00. The van der Waals surface area contributed by atoms with E-state index < -0.39 is 0 Å². The Bertz CT molecular complexity index is 333. The molecule has 0 amide bonds. The van der Waals surface area contributed by atoms with Gasteiger partial charge in [0.15, 0.2) is 0 Å². The molecular formula is C18H34N2S. The quantitative estimate of drug-likeness (QED) is 0.781. The molecule has 2 nitrogen and oxygen atoms in total. The Hall–Kier alpha value is 0.270. The number of hydrogen-bond donors (Lipinski definition) is 0. The normalized spacial score (nSPS) is 39.4. The van der Waals surface area contributed by atoms with Crippen molar-refractivity contribution >= 4 is 11.8 Å². The van der Waals surface area contributed by atoms with Crippen LogP contribution in [-0.4, -0.2) is 59.1 Å². The lowest BCUT2D eigenvalue weighted by molar-refractivity contribution is -0.0357. The van der Waals surface area contributed by atoms with E-state index in [0.29, 0.717) is 0 Å². The zero-order chi connectivity index (χ0) is 14.8. The maximum Gasteiger partial charge on any atom is 0.0250 e. The first-order valence-corrected chi connectivity index (χ1v) is 10.5. The lowest BCUT2D eigenvalue weighted by Crippen LogP contribution is -2.64. The summed E-state index contributed by atoms with van der Waals surface area (Å²) in [5.74, 6) is 0.789. The van der Waals surface area contributed by atoms with Crippen molar-refractivity contribution in [3.63, 3.8) is 0 Å². The average Bonchev–Trinajstić information content (AvgIpc) is 2.53. The van der Waals surface area contributed by atoms with Crippen LogP contribution in [0.25, 0.3) is 0 Å². The first kappa shape index (κ1) is 16.1. The van der Waals surface area contributed by atoms with Crippen LogP contribution in [0.15, 0.2) is 0 Å². The Kier molecular flexibility index (Phi) is 5.55. The number of hydrogen-bond acceptors (Lipinski definition) is 3. The van der Waals surface area contributed by atoms with Gasteiger partial charge in [-0.2, -0.15) is 11.8 Å². The van der Waals surface area contributed by atoms with Crippen molar-refractivity contribution in [2.24, 2.45) is 5.92 Å². The summed E-state index contributed by atoms with van der Waals surface area (Å²) in [6.07, 6.45) is 12.5. The molecule has 2 saturated heterocycles. The van der Waals surface area contributed by atoms with Crippen LogP contribution in [0.1, 0.15) is 58.8 Å². The van der Waals surface area contributed by atoms with E-state index in [-0.39, 0.29) is 0 Å². The van der Waals surface area contributed by atoms with Crippen LogP contribution in [0.3, 0.4) is 0 Å². The molecule has 4 atom stereocenters. The maximum absolute atomic E-state index is 2.97. The minimum absolute atomic E-state index is 0.789. The van der Waals surface area contributed by atoms with E-state index in [1.54, 1.807) is 0 Å². The Morgan fingerprint density at radius 1 is 0.952 bits per heavy atom. The molecule has 0 N–H and O–H groups in total. The summed E-state index contributed by atoms with van der Waals surface area (Å²) in [4.78, 5) is 5.79. The Labute approximate surface area is 136 Å². The van der Waals surface area contributed by atoms with Gasteiger partial charge in [-0.1, -0.05) is 33.1 Å². The molecule has 0 aromatic rings. The summed E-state index contributed by atoms with van der Waals surface area (Å²) < 4.78 is 0. The smallest absolute Gasteiger partial charge is 0.0250 e. The van der Waals surface area contributed by atoms with Gasteiger partial charge in [-0.3, -0.25) is 9.80 Å². The lowest BCUT2D eigenvalue weighted by Gasteiger charge is -2.54. The van der Waals surface area contributed by atoms with E-state index in [2.05, 4.69) is 41.7 Å². The molecule has 21 heavy (non-hydrogen) atoms. The highest BCUT2D eigenvalue weighted by Gasteiger charge is 2.41. The first-order valence-electron chi connectivity index (χ1n) is 9.23. The van der Waals surface area contributed by atoms with Crippen LogP contribution in [-0.2, 0) is 0 Å². The van der Waals surface area contributed by atoms with E-state index in [0.717, 1.165) is 29.3 Å². The number of thioether (sulfide) groups is 1. The fourth-order valence-corrected chi connectivity index (χ4v) is 5.95. The van der Waals surface area contributed by atoms with Crippen molar-refractivity contribution in [1.82, 2.24) is 9.80 Å². The second-order valence-electron chi connectivity index (χ2n) is 7.78. The third kappa shape index (κ3) is 3.45. The molecule has 0 bridgehead atoms. The van der Waals surface area contributed by atoms with Crippen molar-refractivity contribution in [3.8, 4) is 0 Å². The number of piperazine rings is 1. The van der Waals surface area contributed by atoms with Crippen molar-refractivity contribution in [2.45, 2.75) is 82.2 Å². The van der Waals surface area contributed by atoms with Crippen LogP contribution < -0.4 is 0 Å². The molecule has 4 unspecified atom stereocenters. The minimum atomic E-state index is 0.789. The van der Waals surface area contributed by atoms with Crippen LogP contribution in [0.2, 0.25) is 0 Å². The van der Waals surface area contributed by atoms with Gasteiger partial charge >= 0.3 is 0 Å². The number of nitrogens with zero attached hydrogens (tertiary/aromatic N) is 2. The number of fused-ring (bicyclic) bond motifs is 1. The molecule has 0 aromatic carbocycles. The molecule has 1 saturated carbocycles. The van der Waals surface area contributed by atoms with Crippen molar-refractivity contribution < 1.29 is 0 Å². The molecule has 2 heterocycles. The largest absolute Gasteiger partial charge is 0.298 e. The minimum Gasteiger partial charge on any atom is -0.298 e. The molecule has 3 heteroatoms. The van der Waals surface area contributed by atoms with Crippen molar-refractivity contribution in [1.29, 1.82) is 0 Å². The summed E-state index contributed by atoms with van der Waals surface area (Å²) in [6, 6.07) is 2.50. The summed E-state index contributed by atoms with van der Waals surface area (Å²) >= 11 is 2.14. The predicted molar refractivity (Wildman–Crippen MR) is 94.1 cm³/mol. The van der Waals surface area contributed by atoms with Gasteiger partial charge in [-0.25, -0.2) is 0 Å². The third-order valence-electron chi connectivity index (χ3n) is 6.18. The summed E-state index contributed by atoms with van der Waals surface area (Å²) in [7, 11) is 0. The highest BCUT2D eigenvalue weighted by atomic mass is 32.2. The molecular weight excluding hydrogens is 276 g/mol. The van der Waals surface area contributed by atoms with E-state index >= 15 is 0 Å². The Morgan fingerprint density at radius 2 is 1.71 bits per heavy atom. The zero-order valence-corrected chi connectivity index (χ0v) is 15.1. The standard InChI is InChI=1S/C18H34N2S/c1-14(2)17-13-19-11-7-6-8-15(19)12-20(17)16-9-4-5-10-18(16)21-3/h14-18H,4-13H2,1-3H3. The highest BCUT2D eigenvalue weighted by molar-refractivity contribution is 7.99. The van der Waals surface area contributed by atoms with E-state index in [1.165, 1.54) is 64.6 Å².